The summed E-state index contributed by atoms with van der Waals surface area (Å²) in [6.07, 6.45) is 35.3. The van der Waals surface area contributed by atoms with E-state index in [9.17, 15) is 10.2 Å². The van der Waals surface area contributed by atoms with Crippen molar-refractivity contribution in [1.29, 1.82) is 0 Å². The summed E-state index contributed by atoms with van der Waals surface area (Å²) in [6.45, 7) is 4.79. The molecule has 0 saturated carbocycles. The normalized spacial score (nSPS) is 18.4. The zero-order chi connectivity index (χ0) is 34.2. The van der Waals surface area contributed by atoms with Crippen LogP contribution in [0.25, 0.3) is 0 Å². The summed E-state index contributed by atoms with van der Waals surface area (Å²) in [5, 5.41) is 22.4. The van der Waals surface area contributed by atoms with Crippen LogP contribution in [0.5, 0.6) is 0 Å². The standard InChI is InChI=1S/C40H76O5S2/c1-3-5-7-9-11-13-15-17-19-21-23-25-27-29-31-37(46)43-33-35(41)40-39(42)36(34-44-40)45-38(47)32-30-28-26-24-22-20-18-16-14-12-10-8-6-4-2/h35-36,39-42H,3-34H2,1-2H3/t35-,36+,39+,40+/m0/s1. The number of hydrogen-bond donors (Lipinski definition) is 2. The van der Waals surface area contributed by atoms with Gasteiger partial charge >= 0.3 is 0 Å². The fourth-order valence-corrected chi connectivity index (χ4v) is 7.04. The Hall–Kier alpha value is -0.340. The van der Waals surface area contributed by atoms with Crippen LogP contribution in [0.15, 0.2) is 0 Å². The van der Waals surface area contributed by atoms with Gasteiger partial charge in [-0.15, -0.1) is 0 Å². The SMILES string of the molecule is CCCCCCCCCCCCCCCCC(=S)OC[C@H](O)[C@H]1OC[C@@H](OC(=S)CCCCCCCCCCCCCCCC)[C@H]1O. The Kier molecular flexibility index (Phi) is 31.2. The van der Waals surface area contributed by atoms with Crippen LogP contribution < -0.4 is 0 Å². The Balaban J connectivity index is 1.97. The van der Waals surface area contributed by atoms with Crippen molar-refractivity contribution in [3.8, 4) is 0 Å². The molecule has 0 aliphatic carbocycles. The minimum absolute atomic E-state index is 0.0232. The summed E-state index contributed by atoms with van der Waals surface area (Å²) in [7, 11) is 0. The smallest absolute Gasteiger partial charge is 0.160 e. The average Bonchev–Trinajstić information content (AvgIpc) is 3.43. The summed E-state index contributed by atoms with van der Waals surface area (Å²) < 4.78 is 17.2. The lowest BCUT2D eigenvalue weighted by molar-refractivity contribution is -0.0657. The van der Waals surface area contributed by atoms with Gasteiger partial charge in [0.25, 0.3) is 0 Å². The summed E-state index contributed by atoms with van der Waals surface area (Å²) in [6, 6.07) is 0. The Labute approximate surface area is 302 Å². The van der Waals surface area contributed by atoms with Crippen LogP contribution in [-0.2, 0) is 14.2 Å². The molecule has 2 N–H and O–H groups in total. The Morgan fingerprint density at radius 3 is 1.30 bits per heavy atom. The molecule has 0 aromatic carbocycles. The van der Waals surface area contributed by atoms with Crippen LogP contribution in [0, 0.1) is 0 Å². The molecular weight excluding hydrogens is 625 g/mol. The Morgan fingerprint density at radius 2 is 0.915 bits per heavy atom. The van der Waals surface area contributed by atoms with Gasteiger partial charge in [-0.05, 0) is 37.3 Å². The van der Waals surface area contributed by atoms with Gasteiger partial charge in [0.2, 0.25) is 0 Å². The molecule has 0 radical (unpaired) electrons. The van der Waals surface area contributed by atoms with E-state index in [1.807, 2.05) is 0 Å². The second-order valence-electron chi connectivity index (χ2n) is 14.3. The van der Waals surface area contributed by atoms with Crippen molar-refractivity contribution in [2.45, 2.75) is 231 Å². The van der Waals surface area contributed by atoms with E-state index in [1.54, 1.807) is 0 Å². The molecule has 1 aliphatic rings. The number of aliphatic hydroxyl groups is 2. The molecule has 0 unspecified atom stereocenters. The molecule has 278 valence electrons. The highest BCUT2D eigenvalue weighted by Crippen LogP contribution is 2.22. The topological polar surface area (TPSA) is 68.2 Å². The van der Waals surface area contributed by atoms with E-state index in [1.165, 1.54) is 154 Å². The number of aliphatic hydroxyl groups excluding tert-OH is 2. The third kappa shape index (κ3) is 26.2. The molecular formula is C40H76O5S2. The predicted molar refractivity (Wildman–Crippen MR) is 208 cm³/mol. The highest BCUT2D eigenvalue weighted by Gasteiger charge is 2.42. The molecule has 0 amide bonds. The number of hydrogen-bond acceptors (Lipinski definition) is 7. The Morgan fingerprint density at radius 1 is 0.574 bits per heavy atom. The van der Waals surface area contributed by atoms with E-state index < -0.39 is 24.4 Å². The molecule has 5 nitrogen and oxygen atoms in total. The lowest BCUT2D eigenvalue weighted by Gasteiger charge is -2.23. The van der Waals surface area contributed by atoms with Gasteiger partial charge in [0.15, 0.2) is 16.2 Å². The van der Waals surface area contributed by atoms with Crippen molar-refractivity contribution in [1.82, 2.24) is 0 Å². The molecule has 47 heavy (non-hydrogen) atoms. The number of thiocarbonyl (C=S) groups is 2. The van der Waals surface area contributed by atoms with E-state index in [4.69, 9.17) is 38.6 Å². The molecule has 1 rings (SSSR count). The largest absolute Gasteiger partial charge is 0.484 e. The van der Waals surface area contributed by atoms with Gasteiger partial charge in [-0.2, -0.15) is 0 Å². The van der Waals surface area contributed by atoms with Gasteiger partial charge in [-0.1, -0.05) is 181 Å². The van der Waals surface area contributed by atoms with E-state index in [-0.39, 0.29) is 13.2 Å². The fraction of sp³-hybridized carbons (Fsp3) is 0.950. The van der Waals surface area contributed by atoms with Crippen LogP contribution in [0.2, 0.25) is 0 Å². The van der Waals surface area contributed by atoms with Crippen molar-refractivity contribution in [2.75, 3.05) is 13.2 Å². The first-order chi connectivity index (χ1) is 23.0. The minimum Gasteiger partial charge on any atom is -0.484 e. The first-order valence-corrected chi connectivity index (χ1v) is 21.1. The molecule has 0 bridgehead atoms. The van der Waals surface area contributed by atoms with Crippen molar-refractivity contribution >= 4 is 34.5 Å². The van der Waals surface area contributed by atoms with Crippen molar-refractivity contribution in [3.05, 3.63) is 0 Å². The van der Waals surface area contributed by atoms with E-state index >= 15 is 0 Å². The third-order valence-corrected chi connectivity index (χ3v) is 10.3. The summed E-state index contributed by atoms with van der Waals surface area (Å²) >= 11 is 10.8. The lowest BCUT2D eigenvalue weighted by Crippen LogP contribution is -2.42. The Bertz CT molecular complexity index is 721. The quantitative estimate of drug-likeness (QED) is 0.0511. The fourth-order valence-electron chi connectivity index (χ4n) is 6.56. The molecule has 1 heterocycles. The van der Waals surface area contributed by atoms with Crippen LogP contribution in [0.3, 0.4) is 0 Å². The summed E-state index contributed by atoms with van der Waals surface area (Å²) in [5.41, 5.74) is 0. The molecule has 0 spiro atoms. The monoisotopic (exact) mass is 701 g/mol. The zero-order valence-corrected chi connectivity index (χ0v) is 32.5. The van der Waals surface area contributed by atoms with Gasteiger partial charge in [0.1, 0.15) is 24.9 Å². The minimum atomic E-state index is -0.966. The van der Waals surface area contributed by atoms with Crippen molar-refractivity contribution < 1.29 is 24.4 Å². The van der Waals surface area contributed by atoms with Crippen LogP contribution >= 0.6 is 24.4 Å². The second-order valence-corrected chi connectivity index (χ2v) is 15.2. The molecule has 7 heteroatoms. The number of unbranched alkanes of at least 4 members (excludes halogenated alkanes) is 26. The third-order valence-electron chi connectivity index (χ3n) is 9.72. The number of rotatable bonds is 34. The predicted octanol–water partition coefficient (Wildman–Crippen LogP) is 11.9. The van der Waals surface area contributed by atoms with E-state index in [0.29, 0.717) is 10.1 Å². The van der Waals surface area contributed by atoms with E-state index in [2.05, 4.69) is 13.8 Å². The summed E-state index contributed by atoms with van der Waals surface area (Å²) in [5.74, 6) is 0. The van der Waals surface area contributed by atoms with Gasteiger partial charge in [0, 0.05) is 12.8 Å². The maximum absolute atomic E-state index is 10.7. The van der Waals surface area contributed by atoms with Crippen LogP contribution in [0.1, 0.15) is 206 Å². The van der Waals surface area contributed by atoms with Gasteiger partial charge in [-0.3, -0.25) is 0 Å². The highest BCUT2D eigenvalue weighted by atomic mass is 32.1. The van der Waals surface area contributed by atoms with Gasteiger partial charge < -0.3 is 24.4 Å². The molecule has 1 saturated heterocycles. The van der Waals surface area contributed by atoms with Gasteiger partial charge in [0.05, 0.1) is 6.61 Å². The highest BCUT2D eigenvalue weighted by molar-refractivity contribution is 7.80. The number of ether oxygens (including phenoxy) is 3. The maximum Gasteiger partial charge on any atom is 0.160 e. The van der Waals surface area contributed by atoms with Crippen molar-refractivity contribution in [2.24, 2.45) is 0 Å². The molecule has 1 fully saturated rings. The molecule has 0 aromatic rings. The van der Waals surface area contributed by atoms with Crippen LogP contribution in [0.4, 0.5) is 0 Å². The first kappa shape index (κ1) is 44.7. The second kappa shape index (κ2) is 32.8. The lowest BCUT2D eigenvalue weighted by atomic mass is 10.0. The zero-order valence-electron chi connectivity index (χ0n) is 30.9. The van der Waals surface area contributed by atoms with Crippen molar-refractivity contribution in [3.63, 3.8) is 0 Å². The summed E-state index contributed by atoms with van der Waals surface area (Å²) in [4.78, 5) is 0. The van der Waals surface area contributed by atoms with Gasteiger partial charge in [-0.25, -0.2) is 0 Å². The first-order valence-electron chi connectivity index (χ1n) is 20.3. The maximum atomic E-state index is 10.7. The van der Waals surface area contributed by atoms with Crippen LogP contribution in [-0.4, -0.2) is 57.9 Å². The molecule has 0 aromatic heterocycles. The molecule has 1 aliphatic heterocycles. The van der Waals surface area contributed by atoms with E-state index in [0.717, 1.165) is 38.5 Å². The molecule has 4 atom stereocenters. The average molecular weight is 701 g/mol.